The van der Waals surface area contributed by atoms with Crippen LogP contribution in [0.4, 0.5) is 5.82 Å². The molecule has 0 aliphatic carbocycles. The number of hydrogen-bond donors (Lipinski definition) is 1. The molecule has 1 N–H and O–H groups in total. The van der Waals surface area contributed by atoms with Gasteiger partial charge in [0.05, 0.1) is 12.5 Å². The zero-order valence-corrected chi connectivity index (χ0v) is 19.7. The van der Waals surface area contributed by atoms with Crippen molar-refractivity contribution in [3.8, 4) is 33.9 Å². The van der Waals surface area contributed by atoms with Crippen LogP contribution >= 0.6 is 0 Å². The number of nitrogens with one attached hydrogen (secondary N) is 1. The first-order chi connectivity index (χ1) is 16.8. The summed E-state index contributed by atoms with van der Waals surface area (Å²) in [6.07, 6.45) is 5.40. The maximum Gasteiger partial charge on any atom is 0.232 e. The van der Waals surface area contributed by atoms with Gasteiger partial charge >= 0.3 is 0 Å². The molecule has 2 aromatic carbocycles. The molecule has 0 radical (unpaired) electrons. The first-order valence-corrected chi connectivity index (χ1v) is 11.8. The molecule has 1 fully saturated rings. The number of piperidine rings is 1. The quantitative estimate of drug-likeness (QED) is 0.375. The topological polar surface area (TPSA) is 72.7 Å². The normalized spacial score (nSPS) is 14.3. The van der Waals surface area contributed by atoms with E-state index in [-0.39, 0.29) is 0 Å². The van der Waals surface area contributed by atoms with Gasteiger partial charge in [0.1, 0.15) is 24.5 Å². The van der Waals surface area contributed by atoms with E-state index in [1.54, 1.807) is 7.11 Å². The highest BCUT2D eigenvalue weighted by Crippen LogP contribution is 2.44. The Balaban J connectivity index is 1.49. The number of fused-ring (bicyclic) bond motifs is 1. The maximum absolute atomic E-state index is 6.29. The molecule has 2 aromatic heterocycles. The second-order valence-corrected chi connectivity index (χ2v) is 8.44. The van der Waals surface area contributed by atoms with Gasteiger partial charge < -0.3 is 19.2 Å². The van der Waals surface area contributed by atoms with Gasteiger partial charge in [0.15, 0.2) is 11.5 Å². The number of hydrogen-bond acceptors (Lipinski definition) is 7. The fourth-order valence-corrected chi connectivity index (χ4v) is 4.60. The molecule has 34 heavy (non-hydrogen) atoms. The first-order valence-electron chi connectivity index (χ1n) is 11.8. The number of methoxy groups -OCH3 is 1. The zero-order chi connectivity index (χ0) is 23.3. The molecule has 176 valence electrons. The zero-order valence-electron chi connectivity index (χ0n) is 19.7. The molecule has 1 aliphatic heterocycles. The van der Waals surface area contributed by atoms with Crippen LogP contribution in [0.1, 0.15) is 19.3 Å². The molecule has 3 heterocycles. The van der Waals surface area contributed by atoms with Crippen molar-refractivity contribution in [2.24, 2.45) is 0 Å². The summed E-state index contributed by atoms with van der Waals surface area (Å²) in [7, 11) is 3.51. The molecule has 0 amide bonds. The van der Waals surface area contributed by atoms with Crippen molar-refractivity contribution in [2.75, 3.05) is 45.7 Å². The van der Waals surface area contributed by atoms with E-state index in [1.807, 2.05) is 43.4 Å². The van der Waals surface area contributed by atoms with E-state index in [2.05, 4.69) is 32.3 Å². The number of ether oxygens (including phenoxy) is 2. The summed E-state index contributed by atoms with van der Waals surface area (Å²) < 4.78 is 18.1. The lowest BCUT2D eigenvalue weighted by molar-refractivity contribution is 0.180. The van der Waals surface area contributed by atoms with Gasteiger partial charge in [-0.25, -0.2) is 9.97 Å². The average molecular weight is 459 g/mol. The first kappa shape index (κ1) is 22.2. The van der Waals surface area contributed by atoms with Crippen LogP contribution in [-0.4, -0.2) is 55.3 Å². The van der Waals surface area contributed by atoms with E-state index in [0.29, 0.717) is 18.1 Å². The van der Waals surface area contributed by atoms with Crippen LogP contribution in [0, 0.1) is 0 Å². The van der Waals surface area contributed by atoms with Gasteiger partial charge in [-0.1, -0.05) is 36.8 Å². The van der Waals surface area contributed by atoms with Crippen LogP contribution in [-0.2, 0) is 0 Å². The highest BCUT2D eigenvalue weighted by Gasteiger charge is 2.22. The molecule has 7 nitrogen and oxygen atoms in total. The Hall–Kier alpha value is -3.58. The molecule has 0 spiro atoms. The summed E-state index contributed by atoms with van der Waals surface area (Å²) in [6.45, 7) is 3.88. The molecular formula is C27H30N4O3. The Kier molecular flexibility index (Phi) is 6.62. The molecular weight excluding hydrogens is 428 g/mol. The van der Waals surface area contributed by atoms with E-state index in [0.717, 1.165) is 59.0 Å². The van der Waals surface area contributed by atoms with Crippen molar-refractivity contribution in [1.82, 2.24) is 14.9 Å². The Morgan fingerprint density at radius 1 is 0.971 bits per heavy atom. The van der Waals surface area contributed by atoms with Crippen LogP contribution in [0.2, 0.25) is 0 Å². The van der Waals surface area contributed by atoms with Gasteiger partial charge in [0.25, 0.3) is 0 Å². The molecule has 5 rings (SSSR count). The third-order valence-corrected chi connectivity index (χ3v) is 6.33. The number of nitrogens with zero attached hydrogens (tertiary/aromatic N) is 3. The minimum Gasteiger partial charge on any atom is -0.493 e. The summed E-state index contributed by atoms with van der Waals surface area (Å²) >= 11 is 0. The second-order valence-electron chi connectivity index (χ2n) is 8.44. The number of rotatable bonds is 8. The SMILES string of the molecule is CNc1ncnc2oc(-c3ccc(OCCN4CCCCC4)c(OC)c3)c(-c3ccccc3)c12. The molecule has 0 unspecified atom stereocenters. The molecule has 0 saturated carbocycles. The predicted molar refractivity (Wildman–Crippen MR) is 135 cm³/mol. The summed E-state index contributed by atoms with van der Waals surface area (Å²) in [5, 5.41) is 4.02. The minimum absolute atomic E-state index is 0.536. The van der Waals surface area contributed by atoms with Crippen LogP contribution in [0.15, 0.2) is 59.3 Å². The lowest BCUT2D eigenvalue weighted by atomic mass is 9.99. The fraction of sp³-hybridized carbons (Fsp3) is 0.333. The van der Waals surface area contributed by atoms with Crippen molar-refractivity contribution < 1.29 is 13.9 Å². The van der Waals surface area contributed by atoms with Gasteiger partial charge in [-0.15, -0.1) is 0 Å². The largest absolute Gasteiger partial charge is 0.493 e. The number of furan rings is 1. The van der Waals surface area contributed by atoms with Crippen LogP contribution in [0.5, 0.6) is 11.5 Å². The Morgan fingerprint density at radius 2 is 1.79 bits per heavy atom. The van der Waals surface area contributed by atoms with E-state index in [1.165, 1.54) is 25.6 Å². The summed E-state index contributed by atoms with van der Waals surface area (Å²) in [5.41, 5.74) is 3.40. The fourth-order valence-electron chi connectivity index (χ4n) is 4.60. The standard InChI is InChI=1S/C27H30N4O3/c1-28-26-24-23(19-9-5-3-6-10-19)25(34-27(24)30-18-29-26)20-11-12-21(22(17-20)32-2)33-16-15-31-13-7-4-8-14-31/h3,5-6,9-12,17-18H,4,7-8,13-16H2,1-2H3,(H,28,29,30). The van der Waals surface area contributed by atoms with Crippen LogP contribution in [0.3, 0.4) is 0 Å². The van der Waals surface area contributed by atoms with Crippen molar-refractivity contribution in [3.05, 3.63) is 54.9 Å². The molecule has 7 heteroatoms. The molecule has 1 saturated heterocycles. The summed E-state index contributed by atoms with van der Waals surface area (Å²) in [6, 6.07) is 16.1. The predicted octanol–water partition coefficient (Wildman–Crippen LogP) is 5.47. The Morgan fingerprint density at radius 3 is 2.56 bits per heavy atom. The highest BCUT2D eigenvalue weighted by atomic mass is 16.5. The second kappa shape index (κ2) is 10.1. The molecule has 4 aromatic rings. The van der Waals surface area contributed by atoms with Gasteiger partial charge in [0.2, 0.25) is 5.71 Å². The monoisotopic (exact) mass is 458 g/mol. The number of anilines is 1. The third kappa shape index (κ3) is 4.43. The van der Waals surface area contributed by atoms with Gasteiger partial charge in [-0.2, -0.15) is 0 Å². The number of benzene rings is 2. The smallest absolute Gasteiger partial charge is 0.232 e. The van der Waals surface area contributed by atoms with E-state index < -0.39 is 0 Å². The van der Waals surface area contributed by atoms with Crippen molar-refractivity contribution in [2.45, 2.75) is 19.3 Å². The molecule has 0 bridgehead atoms. The number of likely N-dealkylation sites (tertiary alicyclic amines) is 1. The third-order valence-electron chi connectivity index (χ3n) is 6.33. The van der Waals surface area contributed by atoms with Crippen LogP contribution < -0.4 is 14.8 Å². The van der Waals surface area contributed by atoms with Gasteiger partial charge in [0, 0.05) is 24.7 Å². The minimum atomic E-state index is 0.536. The molecule has 1 aliphatic rings. The summed E-state index contributed by atoms with van der Waals surface area (Å²) in [4.78, 5) is 11.3. The summed E-state index contributed by atoms with van der Waals surface area (Å²) in [5.74, 6) is 2.85. The van der Waals surface area contributed by atoms with Gasteiger partial charge in [-0.05, 0) is 49.7 Å². The van der Waals surface area contributed by atoms with E-state index >= 15 is 0 Å². The lowest BCUT2D eigenvalue weighted by Crippen LogP contribution is -2.33. The Bertz CT molecular complexity index is 1250. The van der Waals surface area contributed by atoms with Crippen molar-refractivity contribution >= 4 is 16.9 Å². The lowest BCUT2D eigenvalue weighted by Gasteiger charge is -2.26. The van der Waals surface area contributed by atoms with Gasteiger partial charge in [-0.3, -0.25) is 4.90 Å². The van der Waals surface area contributed by atoms with E-state index in [9.17, 15) is 0 Å². The van der Waals surface area contributed by atoms with Crippen molar-refractivity contribution in [1.29, 1.82) is 0 Å². The highest BCUT2D eigenvalue weighted by molar-refractivity contribution is 6.05. The number of aromatic nitrogens is 2. The maximum atomic E-state index is 6.29. The van der Waals surface area contributed by atoms with Crippen molar-refractivity contribution in [3.63, 3.8) is 0 Å². The Labute approximate surface area is 199 Å². The van der Waals surface area contributed by atoms with E-state index in [4.69, 9.17) is 13.9 Å². The van der Waals surface area contributed by atoms with Crippen LogP contribution in [0.25, 0.3) is 33.6 Å². The average Bonchev–Trinajstić information content (AvgIpc) is 3.30. The molecule has 0 atom stereocenters.